The summed E-state index contributed by atoms with van der Waals surface area (Å²) in [6, 6.07) is 0. The first-order valence-corrected chi connectivity index (χ1v) is 6.29. The standard InChI is InChI=1S/C8H11N3O5S/c12-8(13)6-4-11(1-2-16-6)17(14,15)7-3-9-5-10-7/h3,5-6H,1-2,4H2,(H,9,10)(H,12,13). The second-order valence-corrected chi connectivity index (χ2v) is 5.38. The lowest BCUT2D eigenvalue weighted by Gasteiger charge is -2.29. The van der Waals surface area contributed by atoms with E-state index < -0.39 is 22.1 Å². The second kappa shape index (κ2) is 4.43. The first-order chi connectivity index (χ1) is 8.01. The van der Waals surface area contributed by atoms with Gasteiger partial charge in [0.15, 0.2) is 11.1 Å². The number of imidazole rings is 1. The number of hydrogen-bond acceptors (Lipinski definition) is 5. The number of morpholine rings is 1. The highest BCUT2D eigenvalue weighted by molar-refractivity contribution is 7.89. The molecule has 0 saturated carbocycles. The van der Waals surface area contributed by atoms with Gasteiger partial charge in [-0.2, -0.15) is 4.31 Å². The average molecular weight is 261 g/mol. The van der Waals surface area contributed by atoms with Crippen molar-refractivity contribution >= 4 is 16.0 Å². The molecule has 1 aliphatic heterocycles. The molecule has 1 saturated heterocycles. The van der Waals surface area contributed by atoms with Crippen LogP contribution in [0.3, 0.4) is 0 Å². The van der Waals surface area contributed by atoms with Gasteiger partial charge in [-0.1, -0.05) is 0 Å². The number of nitrogens with zero attached hydrogens (tertiary/aromatic N) is 2. The van der Waals surface area contributed by atoms with Crippen molar-refractivity contribution in [3.8, 4) is 0 Å². The molecule has 1 aromatic rings. The number of ether oxygens (including phenoxy) is 1. The molecule has 0 aliphatic carbocycles. The molecule has 0 radical (unpaired) electrons. The number of aromatic nitrogens is 2. The van der Waals surface area contributed by atoms with E-state index in [1.54, 1.807) is 0 Å². The molecule has 1 fully saturated rings. The minimum Gasteiger partial charge on any atom is -0.479 e. The average Bonchev–Trinajstić information content (AvgIpc) is 2.83. The highest BCUT2D eigenvalue weighted by atomic mass is 32.2. The number of H-pyrrole nitrogens is 1. The van der Waals surface area contributed by atoms with Gasteiger partial charge in [0.25, 0.3) is 10.0 Å². The molecule has 94 valence electrons. The second-order valence-electron chi connectivity index (χ2n) is 3.48. The molecule has 0 bridgehead atoms. The fourth-order valence-electron chi connectivity index (χ4n) is 1.52. The summed E-state index contributed by atoms with van der Waals surface area (Å²) in [4.78, 5) is 16.9. The van der Waals surface area contributed by atoms with Crippen molar-refractivity contribution < 1.29 is 23.1 Å². The Morgan fingerprint density at radius 2 is 2.41 bits per heavy atom. The molecule has 1 aliphatic rings. The fourth-order valence-corrected chi connectivity index (χ4v) is 2.84. The van der Waals surface area contributed by atoms with Crippen LogP contribution in [0.25, 0.3) is 0 Å². The number of hydrogen-bond donors (Lipinski definition) is 2. The number of carboxylic acid groups (broad SMARTS) is 1. The smallest absolute Gasteiger partial charge is 0.334 e. The summed E-state index contributed by atoms with van der Waals surface area (Å²) >= 11 is 0. The number of rotatable bonds is 3. The van der Waals surface area contributed by atoms with Gasteiger partial charge in [0.05, 0.1) is 25.7 Å². The molecule has 2 rings (SSSR count). The Balaban J connectivity index is 2.20. The number of carbonyl (C=O) groups is 1. The summed E-state index contributed by atoms with van der Waals surface area (Å²) < 4.78 is 30.1. The Labute approximate surface area is 97.3 Å². The van der Waals surface area contributed by atoms with E-state index in [2.05, 4.69) is 9.97 Å². The zero-order valence-electron chi connectivity index (χ0n) is 8.74. The molecule has 0 spiro atoms. The number of nitrogens with one attached hydrogen (secondary N) is 1. The molecule has 17 heavy (non-hydrogen) atoms. The van der Waals surface area contributed by atoms with Crippen molar-refractivity contribution in [1.29, 1.82) is 0 Å². The van der Waals surface area contributed by atoms with E-state index in [0.717, 1.165) is 4.31 Å². The van der Waals surface area contributed by atoms with E-state index >= 15 is 0 Å². The zero-order valence-corrected chi connectivity index (χ0v) is 9.55. The maximum absolute atomic E-state index is 12.0. The van der Waals surface area contributed by atoms with E-state index in [0.29, 0.717) is 0 Å². The monoisotopic (exact) mass is 261 g/mol. The van der Waals surface area contributed by atoms with Crippen LogP contribution in [-0.4, -0.2) is 59.6 Å². The first kappa shape index (κ1) is 12.0. The van der Waals surface area contributed by atoms with Gasteiger partial charge in [0.2, 0.25) is 0 Å². The third kappa shape index (κ3) is 2.30. The van der Waals surface area contributed by atoms with E-state index in [4.69, 9.17) is 9.84 Å². The Morgan fingerprint density at radius 1 is 1.65 bits per heavy atom. The minimum absolute atomic E-state index is 0.0523. The lowest BCUT2D eigenvalue weighted by Crippen LogP contribution is -2.48. The van der Waals surface area contributed by atoms with Crippen molar-refractivity contribution in [3.05, 3.63) is 12.5 Å². The van der Waals surface area contributed by atoms with Crippen LogP contribution in [0.5, 0.6) is 0 Å². The first-order valence-electron chi connectivity index (χ1n) is 4.85. The van der Waals surface area contributed by atoms with Crippen LogP contribution in [0.15, 0.2) is 17.6 Å². The van der Waals surface area contributed by atoms with Gasteiger partial charge in [-0.15, -0.1) is 0 Å². The van der Waals surface area contributed by atoms with Gasteiger partial charge in [0.1, 0.15) is 0 Å². The molecule has 0 amide bonds. The summed E-state index contributed by atoms with van der Waals surface area (Å²) in [6.45, 7) is -0.00778. The number of aromatic amines is 1. The van der Waals surface area contributed by atoms with Crippen LogP contribution < -0.4 is 0 Å². The third-order valence-corrected chi connectivity index (χ3v) is 4.19. The van der Waals surface area contributed by atoms with Crippen LogP contribution in [0.2, 0.25) is 0 Å². The van der Waals surface area contributed by atoms with Crippen LogP contribution >= 0.6 is 0 Å². The van der Waals surface area contributed by atoms with E-state index in [1.165, 1.54) is 12.5 Å². The van der Waals surface area contributed by atoms with Crippen LogP contribution in [0.4, 0.5) is 0 Å². The Bertz CT molecular complexity index is 497. The predicted octanol–water partition coefficient (Wildman–Crippen LogP) is -1.12. The van der Waals surface area contributed by atoms with Gasteiger partial charge in [-0.3, -0.25) is 0 Å². The molecule has 1 aromatic heterocycles. The summed E-state index contributed by atoms with van der Waals surface area (Å²) in [5.74, 6) is -1.17. The van der Waals surface area contributed by atoms with E-state index in [9.17, 15) is 13.2 Å². The maximum atomic E-state index is 12.0. The Kier molecular flexibility index (Phi) is 3.13. The minimum atomic E-state index is -3.71. The van der Waals surface area contributed by atoms with Gasteiger partial charge >= 0.3 is 5.97 Å². The number of sulfonamides is 1. The fraction of sp³-hybridized carbons (Fsp3) is 0.500. The quantitative estimate of drug-likeness (QED) is 0.713. The van der Waals surface area contributed by atoms with Gasteiger partial charge in [0, 0.05) is 6.54 Å². The predicted molar refractivity (Wildman–Crippen MR) is 54.7 cm³/mol. The molecule has 8 nitrogen and oxygen atoms in total. The molecule has 1 atom stereocenters. The summed E-state index contributed by atoms with van der Waals surface area (Å²) in [7, 11) is -3.71. The molecule has 2 heterocycles. The van der Waals surface area contributed by atoms with E-state index in [-0.39, 0.29) is 24.7 Å². The Morgan fingerprint density at radius 3 is 3.00 bits per heavy atom. The van der Waals surface area contributed by atoms with E-state index in [1.807, 2.05) is 0 Å². The highest BCUT2D eigenvalue weighted by Crippen LogP contribution is 2.16. The SMILES string of the molecule is O=C(O)C1CN(S(=O)(=O)c2cnc[nH]2)CCO1. The lowest BCUT2D eigenvalue weighted by atomic mass is 10.3. The topological polar surface area (TPSA) is 113 Å². The van der Waals surface area contributed by atoms with Gasteiger partial charge in [-0.05, 0) is 0 Å². The highest BCUT2D eigenvalue weighted by Gasteiger charge is 2.34. The molecular weight excluding hydrogens is 250 g/mol. The number of carboxylic acids is 1. The molecule has 2 N–H and O–H groups in total. The zero-order chi connectivity index (χ0) is 12.5. The van der Waals surface area contributed by atoms with Crippen molar-refractivity contribution in [1.82, 2.24) is 14.3 Å². The van der Waals surface area contributed by atoms with Crippen LogP contribution in [-0.2, 0) is 19.6 Å². The van der Waals surface area contributed by atoms with Crippen LogP contribution in [0.1, 0.15) is 0 Å². The van der Waals surface area contributed by atoms with Crippen molar-refractivity contribution in [2.75, 3.05) is 19.7 Å². The van der Waals surface area contributed by atoms with Crippen molar-refractivity contribution in [3.63, 3.8) is 0 Å². The normalized spacial score (nSPS) is 22.5. The lowest BCUT2D eigenvalue weighted by molar-refractivity contribution is -0.153. The molecular formula is C8H11N3O5S. The molecule has 1 unspecified atom stereocenters. The van der Waals surface area contributed by atoms with Gasteiger partial charge < -0.3 is 14.8 Å². The third-order valence-electron chi connectivity index (χ3n) is 2.40. The van der Waals surface area contributed by atoms with Crippen LogP contribution in [0, 0.1) is 0 Å². The van der Waals surface area contributed by atoms with Crippen molar-refractivity contribution in [2.24, 2.45) is 0 Å². The molecule has 0 aromatic carbocycles. The summed E-state index contributed by atoms with van der Waals surface area (Å²) in [6.07, 6.45) is 1.31. The summed E-state index contributed by atoms with van der Waals surface area (Å²) in [5.41, 5.74) is 0. The summed E-state index contributed by atoms with van der Waals surface area (Å²) in [5, 5.41) is 8.73. The van der Waals surface area contributed by atoms with Gasteiger partial charge in [-0.25, -0.2) is 18.2 Å². The van der Waals surface area contributed by atoms with Crippen molar-refractivity contribution in [2.45, 2.75) is 11.1 Å². The Hall–Kier alpha value is -1.45. The number of aliphatic carboxylic acids is 1. The largest absolute Gasteiger partial charge is 0.479 e. The molecule has 9 heteroatoms. The maximum Gasteiger partial charge on any atom is 0.334 e.